The van der Waals surface area contributed by atoms with E-state index in [-0.39, 0.29) is 0 Å². The number of rotatable bonds is 1. The van der Waals surface area contributed by atoms with Gasteiger partial charge < -0.3 is 5.32 Å². The Morgan fingerprint density at radius 3 is 2.86 bits per heavy atom. The molecule has 1 aliphatic heterocycles. The Labute approximate surface area is 84.5 Å². The van der Waals surface area contributed by atoms with Crippen molar-refractivity contribution in [2.24, 2.45) is 7.05 Å². The summed E-state index contributed by atoms with van der Waals surface area (Å²) in [6.07, 6.45) is 5.49. The lowest BCUT2D eigenvalue weighted by Gasteiger charge is -2.06. The largest absolute Gasteiger partial charge is 0.307 e. The van der Waals surface area contributed by atoms with Gasteiger partial charge in [0, 0.05) is 31.6 Å². The van der Waals surface area contributed by atoms with Gasteiger partial charge in [-0.3, -0.25) is 4.68 Å². The topological polar surface area (TPSA) is 29.9 Å². The molecule has 0 unspecified atom stereocenters. The molecule has 0 amide bonds. The minimum absolute atomic E-state index is 0.754. The van der Waals surface area contributed by atoms with Crippen LogP contribution in [0, 0.1) is 0 Å². The van der Waals surface area contributed by atoms with E-state index in [0.29, 0.717) is 0 Å². The standard InChI is InChI=1S/C11H17N3/c1-14-10-7-12-6-9(10)11(13-14)8-4-2-3-5-8/h8,12H,2-7H2,1H3. The van der Waals surface area contributed by atoms with Gasteiger partial charge in [0.2, 0.25) is 0 Å². The van der Waals surface area contributed by atoms with E-state index in [0.717, 1.165) is 19.0 Å². The van der Waals surface area contributed by atoms with E-state index >= 15 is 0 Å². The van der Waals surface area contributed by atoms with Gasteiger partial charge in [0.15, 0.2) is 0 Å². The first-order valence-electron chi connectivity index (χ1n) is 5.61. The predicted octanol–water partition coefficient (Wildman–Crippen LogP) is 1.68. The molecule has 1 saturated carbocycles. The van der Waals surface area contributed by atoms with Crippen LogP contribution in [-0.2, 0) is 20.1 Å². The van der Waals surface area contributed by atoms with E-state index in [2.05, 4.69) is 17.0 Å². The number of nitrogens with zero attached hydrogens (tertiary/aromatic N) is 2. The summed E-state index contributed by atoms with van der Waals surface area (Å²) < 4.78 is 2.07. The summed E-state index contributed by atoms with van der Waals surface area (Å²) in [5.41, 5.74) is 4.30. The highest BCUT2D eigenvalue weighted by atomic mass is 15.3. The van der Waals surface area contributed by atoms with E-state index in [1.807, 2.05) is 0 Å². The summed E-state index contributed by atoms with van der Waals surface area (Å²) in [7, 11) is 2.07. The summed E-state index contributed by atoms with van der Waals surface area (Å²) in [6.45, 7) is 2.04. The van der Waals surface area contributed by atoms with Gasteiger partial charge in [-0.15, -0.1) is 0 Å². The summed E-state index contributed by atoms with van der Waals surface area (Å²) in [4.78, 5) is 0. The number of hydrogen-bond acceptors (Lipinski definition) is 2. The van der Waals surface area contributed by atoms with E-state index in [9.17, 15) is 0 Å². The second kappa shape index (κ2) is 3.09. The molecule has 1 N–H and O–H groups in total. The number of aromatic nitrogens is 2. The van der Waals surface area contributed by atoms with E-state index < -0.39 is 0 Å². The molecular formula is C11H17N3. The SMILES string of the molecule is Cn1nc(C2CCCC2)c2c1CNC2. The van der Waals surface area contributed by atoms with Gasteiger partial charge in [-0.25, -0.2) is 0 Å². The molecule has 1 aromatic rings. The Morgan fingerprint density at radius 1 is 1.29 bits per heavy atom. The third-order valence-corrected chi connectivity index (χ3v) is 3.64. The number of nitrogens with one attached hydrogen (secondary N) is 1. The maximum absolute atomic E-state index is 4.69. The molecule has 0 saturated heterocycles. The third kappa shape index (κ3) is 1.12. The molecule has 0 spiro atoms. The molecule has 1 aliphatic carbocycles. The number of fused-ring (bicyclic) bond motifs is 1. The second-order valence-electron chi connectivity index (χ2n) is 4.52. The molecule has 3 nitrogen and oxygen atoms in total. The maximum atomic E-state index is 4.69. The molecule has 1 aromatic heterocycles. The van der Waals surface area contributed by atoms with Crippen molar-refractivity contribution >= 4 is 0 Å². The van der Waals surface area contributed by atoms with Crippen LogP contribution in [0.15, 0.2) is 0 Å². The summed E-state index contributed by atoms with van der Waals surface area (Å²) in [6, 6.07) is 0. The first kappa shape index (κ1) is 8.48. The minimum atomic E-state index is 0.754. The van der Waals surface area contributed by atoms with Gasteiger partial charge in [-0.05, 0) is 12.8 Å². The monoisotopic (exact) mass is 191 g/mol. The van der Waals surface area contributed by atoms with Gasteiger partial charge in [0.25, 0.3) is 0 Å². The van der Waals surface area contributed by atoms with Gasteiger partial charge in [-0.1, -0.05) is 12.8 Å². The first-order chi connectivity index (χ1) is 6.86. The molecule has 3 heteroatoms. The molecule has 0 atom stereocenters. The van der Waals surface area contributed by atoms with Crippen LogP contribution in [-0.4, -0.2) is 9.78 Å². The number of hydrogen-bond donors (Lipinski definition) is 1. The van der Waals surface area contributed by atoms with Crippen LogP contribution in [0.1, 0.15) is 48.6 Å². The van der Waals surface area contributed by atoms with Gasteiger partial charge in [-0.2, -0.15) is 5.10 Å². The molecule has 76 valence electrons. The van der Waals surface area contributed by atoms with Gasteiger partial charge in [0.1, 0.15) is 0 Å². The van der Waals surface area contributed by atoms with E-state index in [1.165, 1.54) is 42.6 Å². The molecule has 1 fully saturated rings. The fourth-order valence-corrected chi connectivity index (χ4v) is 2.87. The van der Waals surface area contributed by atoms with Crippen molar-refractivity contribution < 1.29 is 0 Å². The highest BCUT2D eigenvalue weighted by molar-refractivity contribution is 5.32. The van der Waals surface area contributed by atoms with Crippen molar-refractivity contribution in [2.75, 3.05) is 0 Å². The van der Waals surface area contributed by atoms with Crippen LogP contribution >= 0.6 is 0 Å². The summed E-state index contributed by atoms with van der Waals surface area (Å²) in [5.74, 6) is 0.754. The third-order valence-electron chi connectivity index (χ3n) is 3.64. The molecule has 14 heavy (non-hydrogen) atoms. The lowest BCUT2D eigenvalue weighted by molar-refractivity contribution is 0.616. The second-order valence-corrected chi connectivity index (χ2v) is 4.52. The molecule has 2 aliphatic rings. The quantitative estimate of drug-likeness (QED) is 0.732. The van der Waals surface area contributed by atoms with Crippen molar-refractivity contribution in [2.45, 2.75) is 44.7 Å². The van der Waals surface area contributed by atoms with Crippen LogP contribution in [0.4, 0.5) is 0 Å². The van der Waals surface area contributed by atoms with Crippen LogP contribution in [0.5, 0.6) is 0 Å². The Bertz CT molecular complexity index is 348. The fourth-order valence-electron chi connectivity index (χ4n) is 2.87. The Balaban J connectivity index is 2.01. The predicted molar refractivity (Wildman–Crippen MR) is 55.0 cm³/mol. The van der Waals surface area contributed by atoms with Crippen molar-refractivity contribution in [1.82, 2.24) is 15.1 Å². The lowest BCUT2D eigenvalue weighted by Crippen LogP contribution is -2.08. The molecule has 0 radical (unpaired) electrons. The average molecular weight is 191 g/mol. The van der Waals surface area contributed by atoms with E-state index in [4.69, 9.17) is 5.10 Å². The zero-order chi connectivity index (χ0) is 9.54. The molecule has 0 bridgehead atoms. The lowest BCUT2D eigenvalue weighted by atomic mass is 10.00. The van der Waals surface area contributed by atoms with Crippen LogP contribution < -0.4 is 5.32 Å². The fraction of sp³-hybridized carbons (Fsp3) is 0.727. The van der Waals surface area contributed by atoms with Crippen LogP contribution in [0.3, 0.4) is 0 Å². The summed E-state index contributed by atoms with van der Waals surface area (Å²) in [5, 5.41) is 8.10. The van der Waals surface area contributed by atoms with Crippen molar-refractivity contribution in [3.8, 4) is 0 Å². The number of aryl methyl sites for hydroxylation is 1. The maximum Gasteiger partial charge on any atom is 0.0703 e. The zero-order valence-electron chi connectivity index (χ0n) is 8.71. The Kier molecular flexibility index (Phi) is 1.87. The van der Waals surface area contributed by atoms with Gasteiger partial charge >= 0.3 is 0 Å². The molecule has 2 heterocycles. The van der Waals surface area contributed by atoms with Crippen molar-refractivity contribution in [3.63, 3.8) is 0 Å². The smallest absolute Gasteiger partial charge is 0.0703 e. The highest BCUT2D eigenvalue weighted by Crippen LogP contribution is 2.36. The Hall–Kier alpha value is -0.830. The van der Waals surface area contributed by atoms with Crippen LogP contribution in [0.2, 0.25) is 0 Å². The first-order valence-corrected chi connectivity index (χ1v) is 5.61. The molecule has 0 aromatic carbocycles. The van der Waals surface area contributed by atoms with Crippen molar-refractivity contribution in [3.05, 3.63) is 17.0 Å². The van der Waals surface area contributed by atoms with Crippen molar-refractivity contribution in [1.29, 1.82) is 0 Å². The zero-order valence-corrected chi connectivity index (χ0v) is 8.71. The molecule has 3 rings (SSSR count). The van der Waals surface area contributed by atoms with E-state index in [1.54, 1.807) is 0 Å². The normalized spacial score (nSPS) is 21.8. The summed E-state index contributed by atoms with van der Waals surface area (Å²) >= 11 is 0. The Morgan fingerprint density at radius 2 is 2.07 bits per heavy atom. The van der Waals surface area contributed by atoms with Gasteiger partial charge in [0.05, 0.1) is 11.4 Å². The molecular weight excluding hydrogens is 174 g/mol. The minimum Gasteiger partial charge on any atom is -0.307 e. The van der Waals surface area contributed by atoms with Crippen LogP contribution in [0.25, 0.3) is 0 Å². The highest BCUT2D eigenvalue weighted by Gasteiger charge is 2.27. The average Bonchev–Trinajstić information content (AvgIpc) is 2.84.